The quantitative estimate of drug-likeness (QED) is 0.896. The summed E-state index contributed by atoms with van der Waals surface area (Å²) in [5.74, 6) is -0.564. The fourth-order valence-electron chi connectivity index (χ4n) is 2.50. The SMILES string of the molecule is CC1(C(=O)O)CCN(C(=O)Nc2cnn(-c3ccccc3)n2)C1. The number of aromatic nitrogens is 3. The third-order valence-electron chi connectivity index (χ3n) is 3.99. The van der Waals surface area contributed by atoms with Gasteiger partial charge >= 0.3 is 12.0 Å². The van der Waals surface area contributed by atoms with E-state index in [1.165, 1.54) is 15.9 Å². The summed E-state index contributed by atoms with van der Waals surface area (Å²) in [7, 11) is 0. The third kappa shape index (κ3) is 3.01. The summed E-state index contributed by atoms with van der Waals surface area (Å²) in [4.78, 5) is 26.3. The highest BCUT2D eigenvalue weighted by Crippen LogP contribution is 2.30. The second-order valence-corrected chi connectivity index (χ2v) is 5.82. The summed E-state index contributed by atoms with van der Waals surface area (Å²) in [5, 5.41) is 20.2. The first-order chi connectivity index (χ1) is 11.0. The van der Waals surface area contributed by atoms with Crippen molar-refractivity contribution in [2.75, 3.05) is 18.4 Å². The predicted octanol–water partition coefficient (Wildman–Crippen LogP) is 1.60. The Morgan fingerprint density at radius 1 is 1.30 bits per heavy atom. The summed E-state index contributed by atoms with van der Waals surface area (Å²) < 4.78 is 0. The number of aliphatic carboxylic acids is 1. The van der Waals surface area contributed by atoms with Gasteiger partial charge in [0.05, 0.1) is 17.3 Å². The fourth-order valence-corrected chi connectivity index (χ4v) is 2.50. The smallest absolute Gasteiger partial charge is 0.323 e. The molecule has 2 heterocycles. The number of nitrogens with one attached hydrogen (secondary N) is 1. The molecule has 0 aliphatic carbocycles. The highest BCUT2D eigenvalue weighted by Gasteiger charge is 2.42. The number of carboxylic acid groups (broad SMARTS) is 1. The van der Waals surface area contributed by atoms with Crippen LogP contribution in [0.3, 0.4) is 0 Å². The van der Waals surface area contributed by atoms with Crippen molar-refractivity contribution in [2.24, 2.45) is 5.41 Å². The number of benzene rings is 1. The molecular weight excluding hydrogens is 298 g/mol. The van der Waals surface area contributed by atoms with Gasteiger partial charge in [-0.25, -0.2) is 4.79 Å². The predicted molar refractivity (Wildman–Crippen MR) is 82.3 cm³/mol. The van der Waals surface area contributed by atoms with E-state index in [9.17, 15) is 14.7 Å². The number of rotatable bonds is 3. The van der Waals surface area contributed by atoms with Crippen LogP contribution in [0.2, 0.25) is 0 Å². The Balaban J connectivity index is 1.66. The number of hydrogen-bond donors (Lipinski definition) is 2. The molecule has 0 saturated carbocycles. The van der Waals surface area contributed by atoms with E-state index in [2.05, 4.69) is 15.5 Å². The Hall–Kier alpha value is -2.90. The van der Waals surface area contributed by atoms with Crippen LogP contribution < -0.4 is 5.32 Å². The van der Waals surface area contributed by atoms with Crippen molar-refractivity contribution in [1.82, 2.24) is 19.9 Å². The van der Waals surface area contributed by atoms with E-state index in [1.54, 1.807) is 6.92 Å². The molecule has 1 atom stereocenters. The molecule has 1 aromatic carbocycles. The highest BCUT2D eigenvalue weighted by molar-refractivity contribution is 5.89. The summed E-state index contributed by atoms with van der Waals surface area (Å²) in [6, 6.07) is 8.97. The minimum absolute atomic E-state index is 0.182. The first kappa shape index (κ1) is 15.0. The highest BCUT2D eigenvalue weighted by atomic mass is 16.4. The lowest BCUT2D eigenvalue weighted by atomic mass is 9.90. The van der Waals surface area contributed by atoms with E-state index < -0.39 is 11.4 Å². The van der Waals surface area contributed by atoms with Gasteiger partial charge in [0.2, 0.25) is 0 Å². The molecule has 120 valence electrons. The molecule has 0 bridgehead atoms. The Kier molecular flexibility index (Phi) is 3.73. The van der Waals surface area contributed by atoms with Crippen molar-refractivity contribution >= 4 is 17.8 Å². The maximum Gasteiger partial charge on any atom is 0.323 e. The molecular formula is C15H17N5O3. The number of carbonyl (C=O) groups is 2. The van der Waals surface area contributed by atoms with Gasteiger partial charge in [-0.3, -0.25) is 10.1 Å². The number of anilines is 1. The van der Waals surface area contributed by atoms with Crippen molar-refractivity contribution in [2.45, 2.75) is 13.3 Å². The monoisotopic (exact) mass is 315 g/mol. The molecule has 1 aromatic heterocycles. The zero-order valence-electron chi connectivity index (χ0n) is 12.6. The lowest BCUT2D eigenvalue weighted by Crippen LogP contribution is -2.37. The third-order valence-corrected chi connectivity index (χ3v) is 3.99. The number of amides is 2. The maximum atomic E-state index is 12.2. The van der Waals surface area contributed by atoms with Gasteiger partial charge in [0.1, 0.15) is 0 Å². The van der Waals surface area contributed by atoms with Crippen LogP contribution in [-0.2, 0) is 4.79 Å². The standard InChI is InChI=1S/C15H17N5O3/c1-15(13(21)22)7-8-19(10-15)14(23)17-12-9-16-20(18-12)11-5-3-2-4-6-11/h2-6,9H,7-8,10H2,1H3,(H,21,22)(H,17,18,23). The molecule has 0 spiro atoms. The van der Waals surface area contributed by atoms with Gasteiger partial charge in [-0.15, -0.1) is 9.90 Å². The lowest BCUT2D eigenvalue weighted by Gasteiger charge is -2.19. The van der Waals surface area contributed by atoms with Gasteiger partial charge in [-0.05, 0) is 25.5 Å². The van der Waals surface area contributed by atoms with Crippen molar-refractivity contribution in [3.05, 3.63) is 36.5 Å². The van der Waals surface area contributed by atoms with Crippen LogP contribution in [0.25, 0.3) is 5.69 Å². The van der Waals surface area contributed by atoms with Crippen LogP contribution in [-0.4, -0.2) is 50.1 Å². The Morgan fingerprint density at radius 3 is 2.70 bits per heavy atom. The number of para-hydroxylation sites is 1. The normalized spacial score (nSPS) is 20.5. The topological polar surface area (TPSA) is 100 Å². The zero-order valence-corrected chi connectivity index (χ0v) is 12.6. The molecule has 1 aliphatic rings. The van der Waals surface area contributed by atoms with Gasteiger partial charge in [-0.2, -0.15) is 5.10 Å². The van der Waals surface area contributed by atoms with Gasteiger partial charge < -0.3 is 10.0 Å². The van der Waals surface area contributed by atoms with Crippen molar-refractivity contribution in [3.63, 3.8) is 0 Å². The second-order valence-electron chi connectivity index (χ2n) is 5.82. The second kappa shape index (κ2) is 5.71. The molecule has 8 nitrogen and oxygen atoms in total. The molecule has 1 fully saturated rings. The Labute approximate surface area is 132 Å². The van der Waals surface area contributed by atoms with Crippen LogP contribution in [0.1, 0.15) is 13.3 Å². The molecule has 2 N–H and O–H groups in total. The first-order valence-corrected chi connectivity index (χ1v) is 7.25. The van der Waals surface area contributed by atoms with E-state index in [1.807, 2.05) is 30.3 Å². The first-order valence-electron chi connectivity index (χ1n) is 7.25. The average Bonchev–Trinajstić information content (AvgIpc) is 3.16. The molecule has 1 saturated heterocycles. The van der Waals surface area contributed by atoms with Crippen LogP contribution in [0.4, 0.5) is 10.6 Å². The van der Waals surface area contributed by atoms with Crippen LogP contribution in [0.5, 0.6) is 0 Å². The number of hydrogen-bond acceptors (Lipinski definition) is 4. The minimum atomic E-state index is -0.890. The van der Waals surface area contributed by atoms with E-state index in [0.29, 0.717) is 18.8 Å². The lowest BCUT2D eigenvalue weighted by molar-refractivity contribution is -0.146. The van der Waals surface area contributed by atoms with Crippen molar-refractivity contribution in [1.29, 1.82) is 0 Å². The number of nitrogens with zero attached hydrogens (tertiary/aromatic N) is 4. The molecule has 2 amide bonds. The molecule has 2 aromatic rings. The molecule has 0 radical (unpaired) electrons. The number of urea groups is 1. The summed E-state index contributed by atoms with van der Waals surface area (Å²) >= 11 is 0. The van der Waals surface area contributed by atoms with E-state index >= 15 is 0 Å². The van der Waals surface area contributed by atoms with Gasteiger partial charge in [0.15, 0.2) is 5.82 Å². The van der Waals surface area contributed by atoms with E-state index in [4.69, 9.17) is 0 Å². The van der Waals surface area contributed by atoms with Crippen molar-refractivity contribution in [3.8, 4) is 5.69 Å². The summed E-state index contributed by atoms with van der Waals surface area (Å²) in [6.45, 7) is 2.23. The molecule has 1 unspecified atom stereocenters. The van der Waals surface area contributed by atoms with Crippen molar-refractivity contribution < 1.29 is 14.7 Å². The Morgan fingerprint density at radius 2 is 2.04 bits per heavy atom. The maximum absolute atomic E-state index is 12.2. The van der Waals surface area contributed by atoms with Gasteiger partial charge in [-0.1, -0.05) is 18.2 Å². The Bertz CT molecular complexity index is 730. The number of carbonyl (C=O) groups excluding carboxylic acids is 1. The van der Waals surface area contributed by atoms with Crippen LogP contribution in [0.15, 0.2) is 36.5 Å². The molecule has 23 heavy (non-hydrogen) atoms. The largest absolute Gasteiger partial charge is 0.481 e. The summed E-state index contributed by atoms with van der Waals surface area (Å²) in [5.41, 5.74) is -0.105. The molecule has 3 rings (SSSR count). The van der Waals surface area contributed by atoms with Crippen LogP contribution in [0, 0.1) is 5.41 Å². The fraction of sp³-hybridized carbons (Fsp3) is 0.333. The van der Waals surface area contributed by atoms with Gasteiger partial charge in [0.25, 0.3) is 0 Å². The molecule has 1 aliphatic heterocycles. The zero-order chi connectivity index (χ0) is 16.4. The van der Waals surface area contributed by atoms with Gasteiger partial charge in [0, 0.05) is 13.1 Å². The number of likely N-dealkylation sites (tertiary alicyclic amines) is 1. The van der Waals surface area contributed by atoms with E-state index in [-0.39, 0.29) is 12.6 Å². The average molecular weight is 315 g/mol. The number of carboxylic acids is 1. The summed E-state index contributed by atoms with van der Waals surface area (Å²) in [6.07, 6.45) is 1.89. The molecule has 8 heteroatoms. The minimum Gasteiger partial charge on any atom is -0.481 e. The van der Waals surface area contributed by atoms with Crippen LogP contribution >= 0.6 is 0 Å². The van der Waals surface area contributed by atoms with E-state index in [0.717, 1.165) is 5.69 Å².